The highest BCUT2D eigenvalue weighted by atomic mass is 32.2. The Hall–Kier alpha value is -4.56. The molecule has 0 aliphatic carbocycles. The molecule has 0 radical (unpaired) electrons. The molecule has 14 heteroatoms. The fourth-order valence-electron chi connectivity index (χ4n) is 3.33. The van der Waals surface area contributed by atoms with Gasteiger partial charge in [-0.3, -0.25) is 9.59 Å². The minimum Gasteiger partial charge on any atom is -0.324 e. The van der Waals surface area contributed by atoms with E-state index in [2.05, 4.69) is 41.7 Å². The lowest BCUT2D eigenvalue weighted by atomic mass is 10.2. The van der Waals surface area contributed by atoms with Gasteiger partial charge in [0, 0.05) is 0 Å². The van der Waals surface area contributed by atoms with Crippen molar-refractivity contribution in [2.24, 2.45) is 0 Å². The van der Waals surface area contributed by atoms with Gasteiger partial charge in [0.15, 0.2) is 0 Å². The first kappa shape index (κ1) is 25.1. The molecule has 2 amide bonds. The predicted molar refractivity (Wildman–Crippen MR) is 143 cm³/mol. The molecule has 0 aliphatic heterocycles. The van der Waals surface area contributed by atoms with Crippen molar-refractivity contribution in [3.8, 4) is 11.4 Å². The second-order valence-electron chi connectivity index (χ2n) is 7.64. The Balaban J connectivity index is 1.17. The molecule has 2 heterocycles. The highest BCUT2D eigenvalue weighted by Crippen LogP contribution is 2.24. The normalized spacial score (nSPS) is 10.7. The minimum atomic E-state index is -0.268. The summed E-state index contributed by atoms with van der Waals surface area (Å²) >= 11 is 2.41. The van der Waals surface area contributed by atoms with Crippen LogP contribution in [0.3, 0.4) is 0 Å². The molecule has 0 saturated carbocycles. The first-order chi connectivity index (χ1) is 18.7. The molecule has 0 atom stereocenters. The second kappa shape index (κ2) is 12.1. The molecule has 190 valence electrons. The predicted octanol–water partition coefficient (Wildman–Crippen LogP) is 3.10. The molecular weight excluding hydrogens is 524 g/mol. The van der Waals surface area contributed by atoms with E-state index in [1.54, 1.807) is 33.6 Å². The van der Waals surface area contributed by atoms with Gasteiger partial charge < -0.3 is 10.6 Å². The monoisotopic (exact) mass is 544 g/mol. The number of benzene rings is 3. The second-order valence-corrected chi connectivity index (χ2v) is 9.52. The number of para-hydroxylation sites is 4. The van der Waals surface area contributed by atoms with Crippen molar-refractivity contribution in [1.82, 2.24) is 40.4 Å². The molecule has 0 unspecified atom stereocenters. The van der Waals surface area contributed by atoms with Gasteiger partial charge >= 0.3 is 0 Å². The molecule has 0 spiro atoms. The summed E-state index contributed by atoms with van der Waals surface area (Å²) in [6.07, 6.45) is 0. The average molecular weight is 545 g/mol. The quantitative estimate of drug-likeness (QED) is 0.252. The summed E-state index contributed by atoms with van der Waals surface area (Å²) in [7, 11) is 0. The number of tetrazole rings is 2. The van der Waals surface area contributed by atoms with Gasteiger partial charge in [0.1, 0.15) is 0 Å². The van der Waals surface area contributed by atoms with E-state index in [9.17, 15) is 9.59 Å². The van der Waals surface area contributed by atoms with E-state index in [4.69, 9.17) is 0 Å². The molecule has 12 nitrogen and oxygen atoms in total. The van der Waals surface area contributed by atoms with Gasteiger partial charge in [-0.05, 0) is 57.3 Å². The lowest BCUT2D eigenvalue weighted by molar-refractivity contribution is -0.114. The van der Waals surface area contributed by atoms with Crippen LogP contribution in [0.4, 0.5) is 11.4 Å². The average Bonchev–Trinajstić information content (AvgIpc) is 3.63. The number of hydrogen-bond donors (Lipinski definition) is 2. The number of carbonyl (C=O) groups excluding carboxylic acids is 2. The number of aromatic nitrogens is 8. The zero-order valence-corrected chi connectivity index (χ0v) is 21.3. The van der Waals surface area contributed by atoms with E-state index in [0.29, 0.717) is 21.7 Å². The summed E-state index contributed by atoms with van der Waals surface area (Å²) in [5.74, 6) is -0.382. The molecule has 38 heavy (non-hydrogen) atoms. The van der Waals surface area contributed by atoms with Crippen molar-refractivity contribution in [1.29, 1.82) is 0 Å². The third-order valence-corrected chi connectivity index (χ3v) is 6.86. The zero-order valence-electron chi connectivity index (χ0n) is 19.7. The SMILES string of the molecule is O=C(CSc1nnnn1-c1ccccc1)Nc1ccccc1NC(=O)CSc1nnnn1-c1ccccc1. The summed E-state index contributed by atoms with van der Waals surface area (Å²) in [4.78, 5) is 25.4. The number of amides is 2. The van der Waals surface area contributed by atoms with Crippen LogP contribution in [0.1, 0.15) is 0 Å². The van der Waals surface area contributed by atoms with Crippen molar-refractivity contribution in [2.45, 2.75) is 10.3 Å². The molecule has 5 aromatic rings. The smallest absolute Gasteiger partial charge is 0.234 e. The third kappa shape index (κ3) is 6.22. The first-order valence-electron chi connectivity index (χ1n) is 11.3. The molecule has 2 N–H and O–H groups in total. The van der Waals surface area contributed by atoms with E-state index < -0.39 is 0 Å². The maximum atomic E-state index is 12.7. The van der Waals surface area contributed by atoms with Gasteiger partial charge in [-0.15, -0.1) is 10.2 Å². The number of anilines is 2. The summed E-state index contributed by atoms with van der Waals surface area (Å²) in [5.41, 5.74) is 2.55. The number of rotatable bonds is 10. The first-order valence-corrected chi connectivity index (χ1v) is 13.3. The van der Waals surface area contributed by atoms with Crippen LogP contribution in [0.25, 0.3) is 11.4 Å². The standard InChI is InChI=1S/C24H20N10O2S2/c35-21(15-37-23-27-29-31-33(23)17-9-3-1-4-10-17)25-19-13-7-8-14-20(19)26-22(36)16-38-24-28-30-32-34(24)18-11-5-2-6-12-18/h1-14H,15-16H2,(H,25,35)(H,26,36). The number of nitrogens with one attached hydrogen (secondary N) is 2. The van der Waals surface area contributed by atoms with Crippen LogP contribution < -0.4 is 10.6 Å². The molecule has 5 rings (SSSR count). The molecular formula is C24H20N10O2S2. The van der Waals surface area contributed by atoms with E-state index in [0.717, 1.165) is 11.4 Å². The van der Waals surface area contributed by atoms with Crippen LogP contribution in [0, 0.1) is 0 Å². The summed E-state index contributed by atoms with van der Waals surface area (Å²) in [6.45, 7) is 0. The van der Waals surface area contributed by atoms with Gasteiger partial charge in [0.2, 0.25) is 22.1 Å². The molecule has 0 bridgehead atoms. The Bertz CT molecular complexity index is 1410. The number of nitrogens with zero attached hydrogens (tertiary/aromatic N) is 8. The van der Waals surface area contributed by atoms with E-state index in [-0.39, 0.29) is 23.3 Å². The number of carbonyl (C=O) groups is 2. The van der Waals surface area contributed by atoms with Gasteiger partial charge in [-0.1, -0.05) is 72.1 Å². The topological polar surface area (TPSA) is 145 Å². The Morgan fingerprint density at radius 3 is 1.42 bits per heavy atom. The summed E-state index contributed by atoms with van der Waals surface area (Å²) in [5, 5.41) is 30.1. The lowest BCUT2D eigenvalue weighted by Crippen LogP contribution is -2.19. The van der Waals surface area contributed by atoms with Crippen molar-refractivity contribution in [3.05, 3.63) is 84.9 Å². The molecule has 0 saturated heterocycles. The summed E-state index contributed by atoms with van der Waals surface area (Å²) < 4.78 is 3.13. The Morgan fingerprint density at radius 1 is 0.605 bits per heavy atom. The number of thioether (sulfide) groups is 2. The van der Waals surface area contributed by atoms with Crippen LogP contribution in [0.5, 0.6) is 0 Å². The van der Waals surface area contributed by atoms with Crippen molar-refractivity contribution in [3.63, 3.8) is 0 Å². The van der Waals surface area contributed by atoms with Crippen LogP contribution in [0.2, 0.25) is 0 Å². The highest BCUT2D eigenvalue weighted by molar-refractivity contribution is 8.00. The van der Waals surface area contributed by atoms with E-state index >= 15 is 0 Å². The van der Waals surface area contributed by atoms with Crippen LogP contribution in [0.15, 0.2) is 95.2 Å². The number of hydrogen-bond acceptors (Lipinski definition) is 10. The van der Waals surface area contributed by atoms with Gasteiger partial charge in [-0.25, -0.2) is 0 Å². The van der Waals surface area contributed by atoms with Gasteiger partial charge in [0.25, 0.3) is 0 Å². The van der Waals surface area contributed by atoms with Crippen molar-refractivity contribution in [2.75, 3.05) is 22.1 Å². The van der Waals surface area contributed by atoms with Crippen LogP contribution >= 0.6 is 23.5 Å². The van der Waals surface area contributed by atoms with E-state index in [1.807, 2.05) is 60.7 Å². The lowest BCUT2D eigenvalue weighted by Gasteiger charge is -2.12. The van der Waals surface area contributed by atoms with Gasteiger partial charge in [0.05, 0.1) is 34.3 Å². The van der Waals surface area contributed by atoms with E-state index in [1.165, 1.54) is 23.5 Å². The van der Waals surface area contributed by atoms with Crippen molar-refractivity contribution < 1.29 is 9.59 Å². The highest BCUT2D eigenvalue weighted by Gasteiger charge is 2.15. The van der Waals surface area contributed by atoms with Crippen molar-refractivity contribution >= 4 is 46.7 Å². The fraction of sp³-hybridized carbons (Fsp3) is 0.0833. The Kier molecular flexibility index (Phi) is 8.01. The van der Waals surface area contributed by atoms with Crippen LogP contribution in [-0.4, -0.2) is 63.7 Å². The largest absolute Gasteiger partial charge is 0.324 e. The summed E-state index contributed by atoms with van der Waals surface area (Å²) in [6, 6.07) is 25.8. The maximum absolute atomic E-state index is 12.7. The van der Waals surface area contributed by atoms with Gasteiger partial charge in [-0.2, -0.15) is 9.36 Å². The minimum absolute atomic E-state index is 0.0769. The molecule has 0 fully saturated rings. The third-order valence-electron chi connectivity index (χ3n) is 5.02. The van der Waals surface area contributed by atoms with Crippen LogP contribution in [-0.2, 0) is 9.59 Å². The molecule has 0 aliphatic rings. The Morgan fingerprint density at radius 2 is 1.00 bits per heavy atom. The Labute approximate surface area is 225 Å². The fourth-order valence-corrected chi connectivity index (χ4v) is 4.72. The molecule has 2 aromatic heterocycles. The molecule has 3 aromatic carbocycles. The zero-order chi connectivity index (χ0) is 26.2. The maximum Gasteiger partial charge on any atom is 0.234 e.